The minimum Gasteiger partial charge on any atom is -0.350 e. The summed E-state index contributed by atoms with van der Waals surface area (Å²) in [7, 11) is -3.69. The molecule has 0 radical (unpaired) electrons. The molecule has 0 bridgehead atoms. The zero-order valence-electron chi connectivity index (χ0n) is 15.0. The maximum absolute atomic E-state index is 12.3. The second-order valence-corrected chi connectivity index (χ2v) is 8.05. The molecule has 0 aliphatic carbocycles. The minimum atomic E-state index is -3.69. The van der Waals surface area contributed by atoms with Gasteiger partial charge in [0.25, 0.3) is 5.91 Å². The Bertz CT molecular complexity index is 893. The fourth-order valence-corrected chi connectivity index (χ4v) is 3.49. The molecule has 1 aliphatic heterocycles. The number of amides is 1. The molecule has 1 amide bonds. The van der Waals surface area contributed by atoms with Crippen LogP contribution in [0.25, 0.3) is 0 Å². The molecule has 2 aromatic rings. The molecule has 8 nitrogen and oxygen atoms in total. The van der Waals surface area contributed by atoms with Crippen molar-refractivity contribution < 1.29 is 13.2 Å². The summed E-state index contributed by atoms with van der Waals surface area (Å²) in [5.41, 5.74) is 1.24. The third kappa shape index (κ3) is 5.24. The summed E-state index contributed by atoms with van der Waals surface area (Å²) in [6.07, 6.45) is 5.63. The molecule has 0 spiro atoms. The lowest BCUT2D eigenvalue weighted by atomic mass is 10.1. The van der Waals surface area contributed by atoms with Crippen molar-refractivity contribution in [1.29, 1.82) is 0 Å². The first kappa shape index (κ1) is 19.2. The van der Waals surface area contributed by atoms with Crippen molar-refractivity contribution in [3.63, 3.8) is 0 Å². The van der Waals surface area contributed by atoms with Crippen molar-refractivity contribution >= 4 is 21.9 Å². The van der Waals surface area contributed by atoms with E-state index in [1.807, 2.05) is 0 Å². The number of rotatable bonds is 6. The van der Waals surface area contributed by atoms with E-state index >= 15 is 0 Å². The number of benzene rings is 1. The van der Waals surface area contributed by atoms with Crippen LogP contribution in [0.3, 0.4) is 0 Å². The van der Waals surface area contributed by atoms with E-state index in [0.29, 0.717) is 24.6 Å². The van der Waals surface area contributed by atoms with Crippen LogP contribution in [0.5, 0.6) is 0 Å². The summed E-state index contributed by atoms with van der Waals surface area (Å²) in [5, 5.41) is 7.91. The molecule has 1 fully saturated rings. The maximum Gasteiger partial charge on any atom is 0.270 e. The highest BCUT2D eigenvalue weighted by atomic mass is 32.2. The quantitative estimate of drug-likeness (QED) is 0.763. The van der Waals surface area contributed by atoms with Gasteiger partial charge in [0.2, 0.25) is 16.0 Å². The fourth-order valence-electron chi connectivity index (χ4n) is 2.98. The molecule has 1 aliphatic rings. The molecule has 1 aromatic carbocycles. The summed E-state index contributed by atoms with van der Waals surface area (Å²) < 4.78 is 22.5. The number of hydrogen-bond acceptors (Lipinski definition) is 6. The molecule has 1 saturated heterocycles. The van der Waals surface area contributed by atoms with Gasteiger partial charge in [-0.1, -0.05) is 12.1 Å². The highest BCUT2D eigenvalue weighted by Gasteiger charge is 2.15. The molecule has 9 heteroatoms. The zero-order chi connectivity index (χ0) is 19.3. The van der Waals surface area contributed by atoms with Crippen molar-refractivity contribution in [1.82, 2.24) is 15.3 Å². The van der Waals surface area contributed by atoms with E-state index in [-0.39, 0.29) is 10.8 Å². The lowest BCUT2D eigenvalue weighted by molar-refractivity contribution is 0.0949. The van der Waals surface area contributed by atoms with Gasteiger partial charge in [-0.05, 0) is 49.4 Å². The topological polar surface area (TPSA) is 118 Å². The molecule has 3 N–H and O–H groups in total. The number of carbonyl (C=O) groups is 1. The van der Waals surface area contributed by atoms with Gasteiger partial charge in [-0.3, -0.25) is 4.79 Å². The van der Waals surface area contributed by atoms with Crippen LogP contribution in [0, 0.1) is 0 Å². The monoisotopic (exact) mass is 389 g/mol. The van der Waals surface area contributed by atoms with Crippen LogP contribution in [-0.2, 0) is 16.4 Å². The van der Waals surface area contributed by atoms with Crippen LogP contribution < -0.4 is 15.4 Å². The minimum absolute atomic E-state index is 0.0708. The third-order valence-corrected chi connectivity index (χ3v) is 5.39. The fraction of sp³-hybridized carbons (Fsp3) is 0.389. The summed E-state index contributed by atoms with van der Waals surface area (Å²) in [5.74, 6) is 0.345. The van der Waals surface area contributed by atoms with E-state index in [1.54, 1.807) is 24.4 Å². The summed E-state index contributed by atoms with van der Waals surface area (Å²) in [6.45, 7) is 2.25. The predicted octanol–water partition coefficient (Wildman–Crippen LogP) is 1.09. The molecule has 27 heavy (non-hydrogen) atoms. The molecule has 144 valence electrons. The van der Waals surface area contributed by atoms with Crippen LogP contribution in [-0.4, -0.2) is 43.9 Å². The number of anilines is 1. The average Bonchev–Trinajstić information content (AvgIpc) is 2.68. The van der Waals surface area contributed by atoms with Crippen LogP contribution in [0.1, 0.15) is 35.3 Å². The Balaban J connectivity index is 1.55. The number of hydrogen-bond donors (Lipinski definition) is 2. The highest BCUT2D eigenvalue weighted by Crippen LogP contribution is 2.15. The van der Waals surface area contributed by atoms with Gasteiger partial charge in [-0.25, -0.2) is 23.5 Å². The zero-order valence-corrected chi connectivity index (χ0v) is 15.8. The Hall–Kier alpha value is -2.52. The van der Waals surface area contributed by atoms with Gasteiger partial charge in [-0.15, -0.1) is 0 Å². The number of sulfonamides is 1. The standard InChI is InChI=1S/C18H23N5O3S/c19-27(25,26)15-6-4-14(5-7-15)8-10-20-17(24)16-9-11-21-18(22-16)23-12-2-1-3-13-23/h4-7,9,11H,1-3,8,10,12-13H2,(H,20,24)(H2,19,25,26). The summed E-state index contributed by atoms with van der Waals surface area (Å²) >= 11 is 0. The molecule has 2 heterocycles. The smallest absolute Gasteiger partial charge is 0.270 e. The lowest BCUT2D eigenvalue weighted by Crippen LogP contribution is -2.32. The van der Waals surface area contributed by atoms with Gasteiger partial charge in [-0.2, -0.15) is 0 Å². The third-order valence-electron chi connectivity index (χ3n) is 4.47. The second-order valence-electron chi connectivity index (χ2n) is 6.48. The van der Waals surface area contributed by atoms with Crippen molar-refractivity contribution in [3.8, 4) is 0 Å². The number of primary sulfonamides is 1. The number of nitrogens with zero attached hydrogens (tertiary/aromatic N) is 3. The van der Waals surface area contributed by atoms with E-state index in [9.17, 15) is 13.2 Å². The molecule has 3 rings (SSSR count). The number of piperidine rings is 1. The molecule has 0 unspecified atom stereocenters. The largest absolute Gasteiger partial charge is 0.350 e. The first-order chi connectivity index (χ1) is 12.9. The maximum atomic E-state index is 12.3. The number of nitrogens with one attached hydrogen (secondary N) is 1. The second kappa shape index (κ2) is 8.45. The Morgan fingerprint density at radius 3 is 2.48 bits per heavy atom. The Labute approximate surface area is 158 Å². The van der Waals surface area contributed by atoms with E-state index in [0.717, 1.165) is 31.5 Å². The van der Waals surface area contributed by atoms with Crippen LogP contribution in [0.2, 0.25) is 0 Å². The number of aromatic nitrogens is 2. The Kier molecular flexibility index (Phi) is 6.02. The van der Waals surface area contributed by atoms with Crippen molar-refractivity contribution in [2.24, 2.45) is 5.14 Å². The van der Waals surface area contributed by atoms with Crippen molar-refractivity contribution in [2.75, 3.05) is 24.5 Å². The normalized spacial score (nSPS) is 14.8. The van der Waals surface area contributed by atoms with Gasteiger partial charge >= 0.3 is 0 Å². The summed E-state index contributed by atoms with van der Waals surface area (Å²) in [4.78, 5) is 23.2. The molecule has 1 aromatic heterocycles. The lowest BCUT2D eigenvalue weighted by Gasteiger charge is -2.26. The van der Waals surface area contributed by atoms with E-state index < -0.39 is 10.0 Å². The van der Waals surface area contributed by atoms with E-state index in [4.69, 9.17) is 5.14 Å². The molecular weight excluding hydrogens is 366 g/mol. The predicted molar refractivity (Wildman–Crippen MR) is 102 cm³/mol. The average molecular weight is 389 g/mol. The van der Waals surface area contributed by atoms with E-state index in [2.05, 4.69) is 20.2 Å². The van der Waals surface area contributed by atoms with Crippen molar-refractivity contribution in [3.05, 3.63) is 47.8 Å². The molecule has 0 atom stereocenters. The highest BCUT2D eigenvalue weighted by molar-refractivity contribution is 7.89. The number of carbonyl (C=O) groups excluding carboxylic acids is 1. The summed E-state index contributed by atoms with van der Waals surface area (Å²) in [6, 6.07) is 7.89. The molecule has 0 saturated carbocycles. The SMILES string of the molecule is NS(=O)(=O)c1ccc(CCNC(=O)c2ccnc(N3CCCCC3)n2)cc1. The number of nitrogens with two attached hydrogens (primary N) is 1. The molecular formula is C18H23N5O3S. The Morgan fingerprint density at radius 2 is 1.81 bits per heavy atom. The van der Waals surface area contributed by atoms with Crippen LogP contribution >= 0.6 is 0 Å². The van der Waals surface area contributed by atoms with E-state index in [1.165, 1.54) is 18.6 Å². The van der Waals surface area contributed by atoms with Crippen LogP contribution in [0.4, 0.5) is 5.95 Å². The van der Waals surface area contributed by atoms with Gasteiger partial charge in [0.05, 0.1) is 4.90 Å². The van der Waals surface area contributed by atoms with Gasteiger partial charge in [0.1, 0.15) is 5.69 Å². The van der Waals surface area contributed by atoms with Gasteiger partial charge < -0.3 is 10.2 Å². The van der Waals surface area contributed by atoms with Gasteiger partial charge in [0.15, 0.2) is 0 Å². The van der Waals surface area contributed by atoms with Crippen molar-refractivity contribution in [2.45, 2.75) is 30.6 Å². The first-order valence-electron chi connectivity index (χ1n) is 8.91. The Morgan fingerprint density at radius 1 is 1.11 bits per heavy atom. The van der Waals surface area contributed by atoms with Gasteiger partial charge in [0, 0.05) is 25.8 Å². The van der Waals surface area contributed by atoms with Crippen LogP contribution in [0.15, 0.2) is 41.4 Å². The first-order valence-corrected chi connectivity index (χ1v) is 10.5.